The van der Waals surface area contributed by atoms with Gasteiger partial charge in [0, 0.05) is 17.7 Å². The molecule has 2 aromatic rings. The van der Waals surface area contributed by atoms with Gasteiger partial charge >= 0.3 is 0 Å². The van der Waals surface area contributed by atoms with Gasteiger partial charge in [-0.15, -0.1) is 11.6 Å². The molecule has 0 heterocycles. The van der Waals surface area contributed by atoms with Crippen LogP contribution < -0.4 is 4.74 Å². The van der Waals surface area contributed by atoms with E-state index in [0.717, 1.165) is 0 Å². The molecular formula is C14H11ClFNO3. The van der Waals surface area contributed by atoms with Gasteiger partial charge in [-0.3, -0.25) is 10.1 Å². The molecule has 0 saturated carbocycles. The topological polar surface area (TPSA) is 52.4 Å². The predicted octanol–water partition coefficient (Wildman–Crippen LogP) is 4.57. The van der Waals surface area contributed by atoms with Crippen molar-refractivity contribution in [1.29, 1.82) is 0 Å². The number of non-ortho nitro benzene ring substituents is 1. The summed E-state index contributed by atoms with van der Waals surface area (Å²) in [5.74, 6) is 0.611. The van der Waals surface area contributed by atoms with E-state index in [1.165, 1.54) is 36.4 Å². The molecule has 0 N–H and O–H groups in total. The normalized spacial score (nSPS) is 10.3. The van der Waals surface area contributed by atoms with Crippen LogP contribution in [0.2, 0.25) is 0 Å². The molecule has 0 bridgehead atoms. The fourth-order valence-electron chi connectivity index (χ4n) is 1.73. The van der Waals surface area contributed by atoms with Crippen LogP contribution in [-0.2, 0) is 5.88 Å². The number of hydrogen-bond acceptors (Lipinski definition) is 3. The zero-order chi connectivity index (χ0) is 14.7. The minimum atomic E-state index is -0.473. The van der Waals surface area contributed by atoms with Crippen LogP contribution in [0.5, 0.6) is 11.5 Å². The maximum atomic E-state index is 13.1. The first kappa shape index (κ1) is 14.3. The second kappa shape index (κ2) is 5.88. The van der Waals surface area contributed by atoms with E-state index in [4.69, 9.17) is 16.3 Å². The van der Waals surface area contributed by atoms with Crippen molar-refractivity contribution >= 4 is 17.3 Å². The minimum Gasteiger partial charge on any atom is -0.457 e. The number of halogens is 2. The Morgan fingerprint density at radius 1 is 1.25 bits per heavy atom. The van der Waals surface area contributed by atoms with E-state index in [-0.39, 0.29) is 11.6 Å². The van der Waals surface area contributed by atoms with Crippen LogP contribution in [0.3, 0.4) is 0 Å². The highest BCUT2D eigenvalue weighted by atomic mass is 35.5. The quantitative estimate of drug-likeness (QED) is 0.471. The van der Waals surface area contributed by atoms with Gasteiger partial charge in [-0.2, -0.15) is 0 Å². The van der Waals surface area contributed by atoms with Gasteiger partial charge in [0.15, 0.2) is 0 Å². The second-order valence-corrected chi connectivity index (χ2v) is 4.46. The average molecular weight is 296 g/mol. The molecule has 0 aromatic heterocycles. The molecule has 6 heteroatoms. The van der Waals surface area contributed by atoms with Gasteiger partial charge in [0.05, 0.1) is 10.8 Å². The molecule has 0 spiro atoms. The molecule has 0 unspecified atom stereocenters. The van der Waals surface area contributed by atoms with Crippen molar-refractivity contribution in [2.24, 2.45) is 0 Å². The summed E-state index contributed by atoms with van der Waals surface area (Å²) in [4.78, 5) is 10.2. The molecule has 2 rings (SSSR count). The molecule has 0 fully saturated rings. The van der Waals surface area contributed by atoms with Crippen molar-refractivity contribution in [2.75, 3.05) is 0 Å². The lowest BCUT2D eigenvalue weighted by molar-refractivity contribution is -0.384. The van der Waals surface area contributed by atoms with Crippen molar-refractivity contribution in [1.82, 2.24) is 0 Å². The molecule has 0 aliphatic heterocycles. The highest BCUT2D eigenvalue weighted by Crippen LogP contribution is 2.31. The van der Waals surface area contributed by atoms with Crippen molar-refractivity contribution in [3.8, 4) is 11.5 Å². The number of hydrogen-bond donors (Lipinski definition) is 0. The Hall–Kier alpha value is -2.14. The van der Waals surface area contributed by atoms with Crippen LogP contribution in [0, 0.1) is 22.9 Å². The lowest BCUT2D eigenvalue weighted by Crippen LogP contribution is -1.94. The summed E-state index contributed by atoms with van der Waals surface area (Å²) in [6.45, 7) is 1.70. The largest absolute Gasteiger partial charge is 0.457 e. The van der Waals surface area contributed by atoms with Gasteiger partial charge in [0.25, 0.3) is 5.69 Å². The van der Waals surface area contributed by atoms with Gasteiger partial charge < -0.3 is 4.74 Å². The Morgan fingerprint density at radius 3 is 2.55 bits per heavy atom. The number of alkyl halides is 1. The smallest absolute Gasteiger partial charge is 0.269 e. The number of rotatable bonds is 4. The number of nitro benzene ring substituents is 1. The van der Waals surface area contributed by atoms with Gasteiger partial charge in [0.1, 0.15) is 17.3 Å². The Labute approximate surface area is 119 Å². The third kappa shape index (κ3) is 3.05. The first-order valence-electron chi connectivity index (χ1n) is 5.78. The first-order chi connectivity index (χ1) is 9.51. The second-order valence-electron chi connectivity index (χ2n) is 4.19. The van der Waals surface area contributed by atoms with E-state index in [0.29, 0.717) is 22.6 Å². The van der Waals surface area contributed by atoms with Crippen LogP contribution in [0.25, 0.3) is 0 Å². The molecule has 104 valence electrons. The lowest BCUT2D eigenvalue weighted by atomic mass is 10.2. The Balaban J connectivity index is 2.33. The fourth-order valence-corrected chi connectivity index (χ4v) is 1.94. The summed E-state index contributed by atoms with van der Waals surface area (Å²) in [6, 6.07) is 8.32. The first-order valence-corrected chi connectivity index (χ1v) is 6.32. The van der Waals surface area contributed by atoms with Crippen LogP contribution in [0.4, 0.5) is 10.1 Å². The van der Waals surface area contributed by atoms with E-state index in [1.54, 1.807) is 6.92 Å². The highest BCUT2D eigenvalue weighted by Gasteiger charge is 2.11. The van der Waals surface area contributed by atoms with Crippen molar-refractivity contribution in [3.05, 3.63) is 63.5 Å². The van der Waals surface area contributed by atoms with E-state index in [9.17, 15) is 14.5 Å². The molecule has 0 aliphatic carbocycles. The summed E-state index contributed by atoms with van der Waals surface area (Å²) in [6.07, 6.45) is 0. The van der Waals surface area contributed by atoms with E-state index < -0.39 is 10.7 Å². The number of ether oxygens (including phenoxy) is 1. The monoisotopic (exact) mass is 295 g/mol. The summed E-state index contributed by atoms with van der Waals surface area (Å²) in [5.41, 5.74) is 1.12. The van der Waals surface area contributed by atoms with E-state index in [2.05, 4.69) is 0 Å². The number of nitro groups is 1. The van der Waals surface area contributed by atoms with Gasteiger partial charge in [0.2, 0.25) is 0 Å². The summed E-state index contributed by atoms with van der Waals surface area (Å²) in [5, 5.41) is 10.7. The maximum absolute atomic E-state index is 13.1. The number of nitrogens with zero attached hydrogens (tertiary/aromatic N) is 1. The highest BCUT2D eigenvalue weighted by molar-refractivity contribution is 6.17. The third-order valence-electron chi connectivity index (χ3n) is 2.76. The number of aryl methyl sites for hydroxylation is 1. The Kier molecular flexibility index (Phi) is 4.20. The molecule has 4 nitrogen and oxygen atoms in total. The van der Waals surface area contributed by atoms with Crippen LogP contribution in [-0.4, -0.2) is 4.92 Å². The molecule has 0 saturated heterocycles. The van der Waals surface area contributed by atoms with E-state index >= 15 is 0 Å². The predicted molar refractivity (Wildman–Crippen MR) is 73.9 cm³/mol. The average Bonchev–Trinajstić information content (AvgIpc) is 2.42. The van der Waals surface area contributed by atoms with Crippen LogP contribution in [0.1, 0.15) is 11.1 Å². The minimum absolute atomic E-state index is 0.00785. The van der Waals surface area contributed by atoms with E-state index in [1.807, 2.05) is 0 Å². The zero-order valence-electron chi connectivity index (χ0n) is 10.6. The molecular weight excluding hydrogens is 285 g/mol. The van der Waals surface area contributed by atoms with Crippen LogP contribution in [0.15, 0.2) is 36.4 Å². The molecule has 0 aliphatic rings. The Morgan fingerprint density at radius 2 is 1.95 bits per heavy atom. The third-order valence-corrected chi connectivity index (χ3v) is 3.04. The number of benzene rings is 2. The van der Waals surface area contributed by atoms with Crippen molar-refractivity contribution in [3.63, 3.8) is 0 Å². The molecule has 0 radical (unpaired) electrons. The van der Waals surface area contributed by atoms with Gasteiger partial charge in [-0.05, 0) is 36.8 Å². The van der Waals surface area contributed by atoms with Crippen molar-refractivity contribution in [2.45, 2.75) is 12.8 Å². The molecule has 20 heavy (non-hydrogen) atoms. The standard InChI is InChI=1S/C14H11ClFNO3/c1-9-6-12(17(18)19)3-5-13(9)20-14-4-2-11(16)7-10(14)8-15/h2-7H,8H2,1H3. The van der Waals surface area contributed by atoms with Gasteiger partial charge in [-0.25, -0.2) is 4.39 Å². The lowest BCUT2D eigenvalue weighted by Gasteiger charge is -2.11. The fraction of sp³-hybridized carbons (Fsp3) is 0.143. The zero-order valence-corrected chi connectivity index (χ0v) is 11.4. The molecule has 2 aromatic carbocycles. The maximum Gasteiger partial charge on any atom is 0.269 e. The van der Waals surface area contributed by atoms with Crippen molar-refractivity contribution < 1.29 is 14.1 Å². The SMILES string of the molecule is Cc1cc([N+](=O)[O-])ccc1Oc1ccc(F)cc1CCl. The van der Waals surface area contributed by atoms with Gasteiger partial charge in [-0.1, -0.05) is 0 Å². The molecule has 0 atom stereocenters. The van der Waals surface area contributed by atoms with Crippen LogP contribution >= 0.6 is 11.6 Å². The Bertz CT molecular complexity index is 661. The summed E-state index contributed by atoms with van der Waals surface area (Å²) >= 11 is 5.74. The summed E-state index contributed by atoms with van der Waals surface area (Å²) < 4.78 is 18.8. The summed E-state index contributed by atoms with van der Waals surface area (Å²) in [7, 11) is 0. The molecule has 0 amide bonds.